The van der Waals surface area contributed by atoms with Crippen LogP contribution in [0.25, 0.3) is 0 Å². The third-order valence-corrected chi connectivity index (χ3v) is 3.17. The molecule has 1 N–H and O–H groups in total. The molecule has 1 aliphatic heterocycles. The van der Waals surface area contributed by atoms with E-state index in [1.807, 2.05) is 6.20 Å². The zero-order valence-corrected chi connectivity index (χ0v) is 9.74. The zero-order chi connectivity index (χ0) is 10.7. The summed E-state index contributed by atoms with van der Waals surface area (Å²) in [4.78, 5) is 0. The predicted molar refractivity (Wildman–Crippen MR) is 61.7 cm³/mol. The molecule has 0 aliphatic carbocycles. The fraction of sp³-hybridized carbons (Fsp3) is 0.750. The molecule has 0 radical (unpaired) electrons. The molecule has 1 aromatic rings. The molecule has 1 aromatic heterocycles. The third kappa shape index (κ3) is 2.59. The largest absolute Gasteiger partial charge is 0.310 e. The molecule has 2 atom stereocenters. The summed E-state index contributed by atoms with van der Waals surface area (Å²) < 4.78 is 2.05. The number of nitrogens with zero attached hydrogens (tertiary/aromatic N) is 2. The Balaban J connectivity index is 2.01. The van der Waals surface area contributed by atoms with Crippen LogP contribution in [0.1, 0.15) is 44.7 Å². The van der Waals surface area contributed by atoms with Crippen molar-refractivity contribution in [2.75, 3.05) is 6.54 Å². The van der Waals surface area contributed by atoms with E-state index in [1.54, 1.807) is 0 Å². The van der Waals surface area contributed by atoms with E-state index in [0.717, 1.165) is 25.4 Å². The Morgan fingerprint density at radius 3 is 3.20 bits per heavy atom. The molecule has 0 aromatic carbocycles. The summed E-state index contributed by atoms with van der Waals surface area (Å²) in [5.74, 6) is 0.839. The zero-order valence-electron chi connectivity index (χ0n) is 9.74. The molecular weight excluding hydrogens is 186 g/mol. The van der Waals surface area contributed by atoms with Gasteiger partial charge in [-0.3, -0.25) is 4.68 Å². The van der Waals surface area contributed by atoms with Gasteiger partial charge in [0.25, 0.3) is 0 Å². The average Bonchev–Trinajstić information content (AvgIpc) is 2.67. The predicted octanol–water partition coefficient (Wildman–Crippen LogP) is 2.35. The van der Waals surface area contributed by atoms with Crippen LogP contribution in [-0.4, -0.2) is 16.3 Å². The van der Waals surface area contributed by atoms with E-state index in [1.165, 1.54) is 18.4 Å². The Labute approximate surface area is 91.9 Å². The Kier molecular flexibility index (Phi) is 3.41. The Morgan fingerprint density at radius 1 is 1.60 bits per heavy atom. The number of nitrogens with one attached hydrogen (secondary N) is 1. The molecular formula is C12H21N3. The first-order valence-corrected chi connectivity index (χ1v) is 6.05. The molecule has 84 valence electrons. The molecule has 1 aliphatic rings. The smallest absolute Gasteiger partial charge is 0.0537 e. The number of piperidine rings is 1. The first-order chi connectivity index (χ1) is 7.29. The van der Waals surface area contributed by atoms with Gasteiger partial charge in [0.05, 0.1) is 6.20 Å². The fourth-order valence-electron chi connectivity index (χ4n) is 2.27. The van der Waals surface area contributed by atoms with Gasteiger partial charge in [-0.25, -0.2) is 0 Å². The van der Waals surface area contributed by atoms with Crippen LogP contribution >= 0.6 is 0 Å². The summed E-state index contributed by atoms with van der Waals surface area (Å²) in [7, 11) is 0. The maximum Gasteiger partial charge on any atom is 0.0537 e. The summed E-state index contributed by atoms with van der Waals surface area (Å²) in [6, 6.07) is 0.527. The highest BCUT2D eigenvalue weighted by atomic mass is 15.3. The monoisotopic (exact) mass is 207 g/mol. The number of aryl methyl sites for hydroxylation is 1. The van der Waals surface area contributed by atoms with Crippen LogP contribution in [-0.2, 0) is 6.54 Å². The highest BCUT2D eigenvalue weighted by molar-refractivity contribution is 5.11. The van der Waals surface area contributed by atoms with Gasteiger partial charge in [-0.05, 0) is 31.7 Å². The molecule has 3 nitrogen and oxygen atoms in total. The minimum atomic E-state index is 0.527. The summed E-state index contributed by atoms with van der Waals surface area (Å²) in [5.41, 5.74) is 1.36. The second-order valence-electron chi connectivity index (χ2n) is 4.67. The van der Waals surface area contributed by atoms with Crippen molar-refractivity contribution >= 4 is 0 Å². The number of hydrogen-bond donors (Lipinski definition) is 1. The molecule has 0 spiro atoms. The first kappa shape index (κ1) is 10.7. The van der Waals surface area contributed by atoms with Gasteiger partial charge >= 0.3 is 0 Å². The summed E-state index contributed by atoms with van der Waals surface area (Å²) >= 11 is 0. The molecule has 2 unspecified atom stereocenters. The SMILES string of the molecule is CCCn1cc(C2CC(C)CCN2)cn1. The van der Waals surface area contributed by atoms with Crippen LogP contribution in [0.15, 0.2) is 12.4 Å². The lowest BCUT2D eigenvalue weighted by Gasteiger charge is -2.27. The Morgan fingerprint density at radius 2 is 2.47 bits per heavy atom. The molecule has 3 heteroatoms. The van der Waals surface area contributed by atoms with Crippen LogP contribution < -0.4 is 5.32 Å². The molecule has 1 saturated heterocycles. The lowest BCUT2D eigenvalue weighted by molar-refractivity contribution is 0.325. The van der Waals surface area contributed by atoms with Crippen molar-refractivity contribution in [1.29, 1.82) is 0 Å². The van der Waals surface area contributed by atoms with E-state index in [9.17, 15) is 0 Å². The van der Waals surface area contributed by atoms with E-state index in [-0.39, 0.29) is 0 Å². The van der Waals surface area contributed by atoms with E-state index >= 15 is 0 Å². The third-order valence-electron chi connectivity index (χ3n) is 3.17. The van der Waals surface area contributed by atoms with Gasteiger partial charge in [-0.2, -0.15) is 5.10 Å². The van der Waals surface area contributed by atoms with Gasteiger partial charge in [0.2, 0.25) is 0 Å². The minimum Gasteiger partial charge on any atom is -0.310 e. The van der Waals surface area contributed by atoms with Crippen LogP contribution in [0.3, 0.4) is 0 Å². The highest BCUT2D eigenvalue weighted by Crippen LogP contribution is 2.26. The van der Waals surface area contributed by atoms with Crippen molar-refractivity contribution in [1.82, 2.24) is 15.1 Å². The number of rotatable bonds is 3. The molecule has 0 amide bonds. The van der Waals surface area contributed by atoms with Crippen LogP contribution in [0.4, 0.5) is 0 Å². The van der Waals surface area contributed by atoms with E-state index in [0.29, 0.717) is 6.04 Å². The maximum atomic E-state index is 4.38. The van der Waals surface area contributed by atoms with E-state index in [2.05, 4.69) is 35.1 Å². The van der Waals surface area contributed by atoms with E-state index in [4.69, 9.17) is 0 Å². The minimum absolute atomic E-state index is 0.527. The van der Waals surface area contributed by atoms with Gasteiger partial charge in [0.1, 0.15) is 0 Å². The summed E-state index contributed by atoms with van der Waals surface area (Å²) in [6.07, 6.45) is 7.91. The highest BCUT2D eigenvalue weighted by Gasteiger charge is 2.20. The number of hydrogen-bond acceptors (Lipinski definition) is 2. The van der Waals surface area contributed by atoms with Crippen LogP contribution in [0.2, 0.25) is 0 Å². The quantitative estimate of drug-likeness (QED) is 0.824. The topological polar surface area (TPSA) is 29.9 Å². The Hall–Kier alpha value is -0.830. The second-order valence-corrected chi connectivity index (χ2v) is 4.67. The van der Waals surface area contributed by atoms with Crippen LogP contribution in [0, 0.1) is 5.92 Å². The lowest BCUT2D eigenvalue weighted by atomic mass is 9.91. The van der Waals surface area contributed by atoms with Gasteiger partial charge in [0, 0.05) is 24.3 Å². The van der Waals surface area contributed by atoms with Crippen molar-refractivity contribution in [2.45, 2.75) is 45.7 Å². The number of aromatic nitrogens is 2. The van der Waals surface area contributed by atoms with Gasteiger partial charge in [-0.1, -0.05) is 13.8 Å². The first-order valence-electron chi connectivity index (χ1n) is 6.05. The van der Waals surface area contributed by atoms with Crippen molar-refractivity contribution in [3.63, 3.8) is 0 Å². The Bertz CT molecular complexity index is 306. The normalized spacial score (nSPS) is 26.8. The van der Waals surface area contributed by atoms with Gasteiger partial charge in [0.15, 0.2) is 0 Å². The van der Waals surface area contributed by atoms with Gasteiger partial charge < -0.3 is 5.32 Å². The standard InChI is InChI=1S/C12H21N3/c1-3-6-15-9-11(8-14-15)12-7-10(2)4-5-13-12/h8-10,12-13H,3-7H2,1-2H3. The average molecular weight is 207 g/mol. The van der Waals surface area contributed by atoms with Crippen molar-refractivity contribution < 1.29 is 0 Å². The van der Waals surface area contributed by atoms with Crippen molar-refractivity contribution in [3.05, 3.63) is 18.0 Å². The second kappa shape index (κ2) is 4.79. The molecule has 2 heterocycles. The molecule has 1 fully saturated rings. The van der Waals surface area contributed by atoms with Crippen LogP contribution in [0.5, 0.6) is 0 Å². The molecule has 0 saturated carbocycles. The molecule has 0 bridgehead atoms. The molecule has 15 heavy (non-hydrogen) atoms. The van der Waals surface area contributed by atoms with Gasteiger partial charge in [-0.15, -0.1) is 0 Å². The molecule has 2 rings (SSSR count). The fourth-order valence-corrected chi connectivity index (χ4v) is 2.27. The summed E-state index contributed by atoms with van der Waals surface area (Å²) in [6.45, 7) is 6.69. The van der Waals surface area contributed by atoms with E-state index < -0.39 is 0 Å². The lowest BCUT2D eigenvalue weighted by Crippen LogP contribution is -2.30. The maximum absolute atomic E-state index is 4.38. The summed E-state index contributed by atoms with van der Waals surface area (Å²) in [5, 5.41) is 7.95. The van der Waals surface area contributed by atoms with Crippen molar-refractivity contribution in [3.8, 4) is 0 Å². The van der Waals surface area contributed by atoms with Crippen molar-refractivity contribution in [2.24, 2.45) is 5.92 Å².